The molecule has 0 aliphatic heterocycles. The molecule has 0 bridgehead atoms. The predicted molar refractivity (Wildman–Crippen MR) is 60.5 cm³/mol. The first kappa shape index (κ1) is 12.9. The van der Waals surface area contributed by atoms with Crippen LogP contribution in [-0.2, 0) is 9.53 Å². The number of aromatic nitrogens is 1. The van der Waals surface area contributed by atoms with E-state index in [2.05, 4.69) is 10.3 Å². The summed E-state index contributed by atoms with van der Waals surface area (Å²) < 4.78 is 4.83. The molecule has 1 unspecified atom stereocenters. The lowest BCUT2D eigenvalue weighted by Crippen LogP contribution is -2.30. The van der Waals surface area contributed by atoms with E-state index in [9.17, 15) is 4.79 Å². The minimum atomic E-state index is -0.952. The van der Waals surface area contributed by atoms with E-state index in [1.807, 2.05) is 6.07 Å². The molecule has 0 amide bonds. The lowest BCUT2D eigenvalue weighted by atomic mass is 10.2. The van der Waals surface area contributed by atoms with E-state index in [4.69, 9.17) is 15.1 Å². The highest BCUT2D eigenvalue weighted by Gasteiger charge is 2.16. The number of carboxylic acids is 1. The zero-order valence-electron chi connectivity index (χ0n) is 9.38. The van der Waals surface area contributed by atoms with E-state index in [0.717, 1.165) is 0 Å². The fraction of sp³-hybridized carbons (Fsp3) is 0.364. The second-order valence-electron chi connectivity index (χ2n) is 3.36. The van der Waals surface area contributed by atoms with Gasteiger partial charge in [-0.15, -0.1) is 0 Å². The van der Waals surface area contributed by atoms with Crippen LogP contribution in [0.3, 0.4) is 0 Å². The lowest BCUT2D eigenvalue weighted by molar-refractivity contribution is -0.138. The van der Waals surface area contributed by atoms with Crippen LogP contribution in [-0.4, -0.2) is 35.8 Å². The van der Waals surface area contributed by atoms with Crippen LogP contribution in [0.5, 0.6) is 0 Å². The molecule has 17 heavy (non-hydrogen) atoms. The number of nitriles is 1. The van der Waals surface area contributed by atoms with Gasteiger partial charge in [0.15, 0.2) is 0 Å². The highest BCUT2D eigenvalue weighted by Crippen LogP contribution is 2.09. The van der Waals surface area contributed by atoms with Crippen molar-refractivity contribution in [2.45, 2.75) is 12.5 Å². The smallest absolute Gasteiger partial charge is 0.326 e. The number of hydrogen-bond acceptors (Lipinski definition) is 5. The van der Waals surface area contributed by atoms with Crippen molar-refractivity contribution in [3.63, 3.8) is 0 Å². The van der Waals surface area contributed by atoms with E-state index in [0.29, 0.717) is 24.4 Å². The van der Waals surface area contributed by atoms with Gasteiger partial charge in [-0.2, -0.15) is 5.26 Å². The minimum absolute atomic E-state index is 0.291. The van der Waals surface area contributed by atoms with Crippen molar-refractivity contribution in [2.24, 2.45) is 0 Å². The van der Waals surface area contributed by atoms with Gasteiger partial charge in [-0.25, -0.2) is 9.78 Å². The van der Waals surface area contributed by atoms with E-state index >= 15 is 0 Å². The number of nitrogens with zero attached hydrogens (tertiary/aromatic N) is 2. The largest absolute Gasteiger partial charge is 0.480 e. The van der Waals surface area contributed by atoms with Crippen molar-refractivity contribution in [2.75, 3.05) is 19.0 Å². The number of methoxy groups -OCH3 is 1. The highest BCUT2D eigenvalue weighted by molar-refractivity contribution is 5.77. The van der Waals surface area contributed by atoms with Gasteiger partial charge in [-0.3, -0.25) is 0 Å². The lowest BCUT2D eigenvalue weighted by Gasteiger charge is -2.14. The van der Waals surface area contributed by atoms with E-state index in [1.54, 1.807) is 6.07 Å². The number of rotatable bonds is 6. The summed E-state index contributed by atoms with van der Waals surface area (Å²) in [5.74, 6) is -0.952. The average Bonchev–Trinajstić information content (AvgIpc) is 2.35. The zero-order valence-corrected chi connectivity index (χ0v) is 9.38. The minimum Gasteiger partial charge on any atom is -0.480 e. The van der Waals surface area contributed by atoms with Crippen molar-refractivity contribution in [1.29, 1.82) is 5.26 Å². The maximum Gasteiger partial charge on any atom is 0.326 e. The second-order valence-corrected chi connectivity index (χ2v) is 3.36. The number of ether oxygens (including phenoxy) is 1. The Morgan fingerprint density at radius 2 is 2.47 bits per heavy atom. The average molecular weight is 235 g/mol. The molecule has 1 aromatic rings. The standard InChI is InChI=1S/C11H13N3O3/c1-17-5-4-10(11(15)16)14-9-3-2-8(6-12)13-7-9/h2-3,7,10,14H,4-5H2,1H3,(H,15,16). The molecule has 0 saturated heterocycles. The quantitative estimate of drug-likeness (QED) is 0.759. The van der Waals surface area contributed by atoms with Crippen LogP contribution in [0.4, 0.5) is 5.69 Å². The second kappa shape index (κ2) is 6.45. The highest BCUT2D eigenvalue weighted by atomic mass is 16.5. The van der Waals surface area contributed by atoms with Crippen molar-refractivity contribution < 1.29 is 14.6 Å². The van der Waals surface area contributed by atoms with E-state index in [-0.39, 0.29) is 0 Å². The van der Waals surface area contributed by atoms with Crippen LogP contribution in [0.1, 0.15) is 12.1 Å². The first-order chi connectivity index (χ1) is 8.17. The summed E-state index contributed by atoms with van der Waals surface area (Å²) in [6.07, 6.45) is 1.78. The van der Waals surface area contributed by atoms with Crippen LogP contribution in [0.15, 0.2) is 18.3 Å². The number of carbonyl (C=O) groups is 1. The summed E-state index contributed by atoms with van der Waals surface area (Å²) in [7, 11) is 1.52. The van der Waals surface area contributed by atoms with Gasteiger partial charge >= 0.3 is 5.97 Å². The molecular weight excluding hydrogens is 222 g/mol. The Bertz CT molecular complexity index is 411. The number of carboxylic acid groups (broad SMARTS) is 1. The van der Waals surface area contributed by atoms with Gasteiger partial charge in [0, 0.05) is 20.1 Å². The molecule has 0 radical (unpaired) electrons. The number of aliphatic carboxylic acids is 1. The van der Waals surface area contributed by atoms with Gasteiger partial charge in [0.25, 0.3) is 0 Å². The van der Waals surface area contributed by atoms with Gasteiger partial charge in [-0.1, -0.05) is 0 Å². The summed E-state index contributed by atoms with van der Waals surface area (Å²) in [6, 6.07) is 4.30. The van der Waals surface area contributed by atoms with Crippen molar-refractivity contribution in [3.05, 3.63) is 24.0 Å². The first-order valence-corrected chi connectivity index (χ1v) is 5.02. The third-order valence-corrected chi connectivity index (χ3v) is 2.13. The normalized spacial score (nSPS) is 11.5. The molecule has 0 aliphatic carbocycles. The fourth-order valence-corrected chi connectivity index (χ4v) is 1.24. The Labute approximate surface area is 98.9 Å². The molecule has 90 valence electrons. The van der Waals surface area contributed by atoms with Gasteiger partial charge in [-0.05, 0) is 12.1 Å². The molecule has 2 N–H and O–H groups in total. The molecule has 0 spiro atoms. The van der Waals surface area contributed by atoms with Crippen molar-refractivity contribution >= 4 is 11.7 Å². The Morgan fingerprint density at radius 3 is 2.94 bits per heavy atom. The summed E-state index contributed by atoms with van der Waals surface area (Å²) >= 11 is 0. The third-order valence-electron chi connectivity index (χ3n) is 2.13. The summed E-state index contributed by atoms with van der Waals surface area (Å²) in [6.45, 7) is 0.355. The van der Waals surface area contributed by atoms with Crippen LogP contribution in [0, 0.1) is 11.3 Å². The molecule has 0 fully saturated rings. The number of nitrogens with one attached hydrogen (secondary N) is 1. The number of anilines is 1. The molecule has 0 aromatic carbocycles. The molecule has 6 heteroatoms. The maximum atomic E-state index is 10.9. The molecule has 1 rings (SSSR count). The van der Waals surface area contributed by atoms with Gasteiger partial charge in [0.1, 0.15) is 17.8 Å². The van der Waals surface area contributed by atoms with Crippen LogP contribution < -0.4 is 5.32 Å². The molecule has 1 atom stereocenters. The van der Waals surface area contributed by atoms with Crippen LogP contribution in [0.25, 0.3) is 0 Å². The van der Waals surface area contributed by atoms with Crippen molar-refractivity contribution in [1.82, 2.24) is 4.98 Å². The molecular formula is C11H13N3O3. The molecule has 6 nitrogen and oxygen atoms in total. The topological polar surface area (TPSA) is 95.2 Å². The number of hydrogen-bond donors (Lipinski definition) is 2. The van der Waals surface area contributed by atoms with Crippen molar-refractivity contribution in [3.8, 4) is 6.07 Å². The van der Waals surface area contributed by atoms with Gasteiger partial charge in [0.05, 0.1) is 11.9 Å². The Hall–Kier alpha value is -2.13. The molecule has 1 aromatic heterocycles. The SMILES string of the molecule is COCCC(Nc1ccc(C#N)nc1)C(=O)O. The molecule has 0 aliphatic rings. The predicted octanol–water partition coefficient (Wildman–Crippen LogP) is 0.855. The van der Waals surface area contributed by atoms with Gasteiger partial charge in [0.2, 0.25) is 0 Å². The molecule has 1 heterocycles. The Balaban J connectivity index is 2.65. The number of pyridine rings is 1. The zero-order chi connectivity index (χ0) is 12.7. The summed E-state index contributed by atoms with van der Waals surface area (Å²) in [4.78, 5) is 14.8. The van der Waals surface area contributed by atoms with Gasteiger partial charge < -0.3 is 15.2 Å². The van der Waals surface area contributed by atoms with E-state index in [1.165, 1.54) is 19.4 Å². The van der Waals surface area contributed by atoms with Crippen LogP contribution in [0.2, 0.25) is 0 Å². The van der Waals surface area contributed by atoms with E-state index < -0.39 is 12.0 Å². The summed E-state index contributed by atoms with van der Waals surface area (Å²) in [5, 5.41) is 20.4. The maximum absolute atomic E-state index is 10.9. The molecule has 0 saturated carbocycles. The third kappa shape index (κ3) is 4.09. The summed E-state index contributed by atoms with van der Waals surface area (Å²) in [5.41, 5.74) is 0.854. The van der Waals surface area contributed by atoms with Crippen LogP contribution >= 0.6 is 0 Å². The first-order valence-electron chi connectivity index (χ1n) is 5.02. The monoisotopic (exact) mass is 235 g/mol. The Morgan fingerprint density at radius 1 is 1.71 bits per heavy atom. The Kier molecular flexibility index (Phi) is 4.91. The fourth-order valence-electron chi connectivity index (χ4n) is 1.24.